The van der Waals surface area contributed by atoms with Gasteiger partial charge in [0.05, 0.1) is 7.11 Å². The minimum absolute atomic E-state index is 0.0148. The van der Waals surface area contributed by atoms with Crippen molar-refractivity contribution in [2.24, 2.45) is 0 Å². The number of hydrogen-bond donors (Lipinski definition) is 3. The number of carbonyl (C=O) groups excluding carboxylic acids is 2. The predicted molar refractivity (Wildman–Crippen MR) is 88.1 cm³/mol. The molecule has 1 amide bonds. The molecule has 0 bridgehead atoms. The average Bonchev–Trinajstić information content (AvgIpc) is 2.61. The van der Waals surface area contributed by atoms with Crippen molar-refractivity contribution in [2.75, 3.05) is 12.4 Å². The zero-order chi connectivity index (χ0) is 18.4. The van der Waals surface area contributed by atoms with Crippen molar-refractivity contribution in [2.45, 2.75) is 0 Å². The molecule has 0 aliphatic rings. The van der Waals surface area contributed by atoms with E-state index >= 15 is 0 Å². The second-order valence-corrected chi connectivity index (χ2v) is 4.81. The summed E-state index contributed by atoms with van der Waals surface area (Å²) < 4.78 is 4.57. The van der Waals surface area contributed by atoms with Gasteiger partial charge < -0.3 is 20.3 Å². The molecule has 25 heavy (non-hydrogen) atoms. The molecule has 0 fully saturated rings. The Labute approximate surface area is 142 Å². The van der Waals surface area contributed by atoms with Crippen LogP contribution in [0.3, 0.4) is 0 Å². The Hall–Kier alpha value is -3.79. The van der Waals surface area contributed by atoms with Crippen LogP contribution in [0.25, 0.3) is 0 Å². The van der Waals surface area contributed by atoms with Crippen LogP contribution in [0.2, 0.25) is 0 Å². The molecule has 2 aromatic rings. The van der Waals surface area contributed by atoms with Gasteiger partial charge in [-0.2, -0.15) is 0 Å². The topological polar surface area (TPSA) is 113 Å². The van der Waals surface area contributed by atoms with Crippen LogP contribution in [0.1, 0.15) is 21.5 Å². The summed E-state index contributed by atoms with van der Waals surface area (Å²) in [6.45, 7) is 0. The van der Waals surface area contributed by atoms with Crippen LogP contribution in [0, 0.1) is 11.8 Å². The second kappa shape index (κ2) is 7.66. The number of rotatable bonds is 2. The molecule has 7 heteroatoms. The van der Waals surface area contributed by atoms with Crippen LogP contribution in [-0.4, -0.2) is 35.2 Å². The number of aromatic hydroxyl groups is 1. The molecule has 0 radical (unpaired) electrons. The first-order valence-corrected chi connectivity index (χ1v) is 6.98. The fourth-order valence-electron chi connectivity index (χ4n) is 1.85. The Morgan fingerprint density at radius 1 is 1.00 bits per heavy atom. The first-order valence-electron chi connectivity index (χ1n) is 6.98. The fraction of sp³-hybridized carbons (Fsp3) is 0.0556. The molecule has 0 aliphatic heterocycles. The van der Waals surface area contributed by atoms with Crippen LogP contribution >= 0.6 is 0 Å². The Balaban J connectivity index is 2.17. The highest BCUT2D eigenvalue weighted by atomic mass is 16.5. The van der Waals surface area contributed by atoms with Gasteiger partial charge in [0, 0.05) is 16.8 Å². The van der Waals surface area contributed by atoms with E-state index in [0.717, 1.165) is 0 Å². The molecule has 126 valence electrons. The van der Waals surface area contributed by atoms with Gasteiger partial charge in [-0.3, -0.25) is 4.79 Å². The number of methoxy groups -OCH3 is 1. The lowest BCUT2D eigenvalue weighted by Crippen LogP contribution is -2.21. The molecule has 0 heterocycles. The van der Waals surface area contributed by atoms with E-state index < -0.39 is 17.8 Å². The molecule has 2 aromatic carbocycles. The van der Waals surface area contributed by atoms with Crippen LogP contribution in [-0.2, 0) is 14.3 Å². The third kappa shape index (κ3) is 4.59. The summed E-state index contributed by atoms with van der Waals surface area (Å²) >= 11 is 0. The standard InChI is InChI=1S/C18H13NO6/c1-25-18(24)14-10-12(6-9-15(14)20)3-2-11-4-7-13(8-5-11)19-16(21)17(22)23/h4-10,20H,1H3,(H,19,21)(H,22,23). The summed E-state index contributed by atoms with van der Waals surface area (Å²) in [5.74, 6) is 2.13. The van der Waals surface area contributed by atoms with Crippen LogP contribution < -0.4 is 5.32 Å². The van der Waals surface area contributed by atoms with E-state index in [1.54, 1.807) is 18.2 Å². The molecular weight excluding hydrogens is 326 g/mol. The van der Waals surface area contributed by atoms with Crippen molar-refractivity contribution in [1.82, 2.24) is 0 Å². The molecule has 0 aliphatic carbocycles. The number of carbonyl (C=O) groups is 3. The van der Waals surface area contributed by atoms with E-state index in [2.05, 4.69) is 21.9 Å². The number of phenols is 1. The molecule has 3 N–H and O–H groups in total. The van der Waals surface area contributed by atoms with E-state index in [1.807, 2.05) is 0 Å². The first-order chi connectivity index (χ1) is 11.9. The lowest BCUT2D eigenvalue weighted by Gasteiger charge is -2.02. The lowest BCUT2D eigenvalue weighted by molar-refractivity contribution is -0.147. The van der Waals surface area contributed by atoms with E-state index in [9.17, 15) is 19.5 Å². The maximum atomic E-state index is 11.5. The van der Waals surface area contributed by atoms with Gasteiger partial charge in [0.15, 0.2) is 0 Å². The average molecular weight is 339 g/mol. The fourth-order valence-corrected chi connectivity index (χ4v) is 1.85. The lowest BCUT2D eigenvalue weighted by atomic mass is 10.1. The summed E-state index contributed by atoms with van der Waals surface area (Å²) in [5, 5.41) is 20.4. The normalized spacial score (nSPS) is 9.48. The number of ether oxygens (including phenoxy) is 1. The summed E-state index contributed by atoms with van der Waals surface area (Å²) in [5.41, 5.74) is 1.46. The van der Waals surface area contributed by atoms with Gasteiger partial charge in [0.1, 0.15) is 11.3 Å². The quantitative estimate of drug-likeness (QED) is 0.435. The maximum Gasteiger partial charge on any atom is 0.394 e. The molecule has 0 unspecified atom stereocenters. The molecule has 0 atom stereocenters. The number of benzene rings is 2. The highest BCUT2D eigenvalue weighted by molar-refractivity contribution is 6.36. The summed E-state index contributed by atoms with van der Waals surface area (Å²) in [6.07, 6.45) is 0. The molecular formula is C18H13NO6. The Morgan fingerprint density at radius 3 is 2.20 bits per heavy atom. The van der Waals surface area contributed by atoms with Gasteiger partial charge in [0.25, 0.3) is 0 Å². The molecule has 7 nitrogen and oxygen atoms in total. The van der Waals surface area contributed by atoms with Crippen molar-refractivity contribution in [3.05, 3.63) is 59.2 Å². The van der Waals surface area contributed by atoms with Gasteiger partial charge in [-0.15, -0.1) is 0 Å². The summed E-state index contributed by atoms with van der Waals surface area (Å²) in [4.78, 5) is 33.0. The molecule has 0 spiro atoms. The van der Waals surface area contributed by atoms with Crippen molar-refractivity contribution >= 4 is 23.5 Å². The Bertz CT molecular complexity index is 890. The molecule has 0 saturated heterocycles. The van der Waals surface area contributed by atoms with Crippen molar-refractivity contribution < 1.29 is 29.3 Å². The first kappa shape index (κ1) is 17.6. The number of nitrogens with one attached hydrogen (secondary N) is 1. The van der Waals surface area contributed by atoms with Crippen LogP contribution in [0.5, 0.6) is 5.75 Å². The minimum Gasteiger partial charge on any atom is -0.507 e. The van der Waals surface area contributed by atoms with E-state index in [1.165, 1.54) is 31.4 Å². The smallest absolute Gasteiger partial charge is 0.394 e. The Morgan fingerprint density at radius 2 is 1.60 bits per heavy atom. The zero-order valence-electron chi connectivity index (χ0n) is 13.1. The van der Waals surface area contributed by atoms with E-state index in [0.29, 0.717) is 16.8 Å². The second-order valence-electron chi connectivity index (χ2n) is 4.81. The monoisotopic (exact) mass is 339 g/mol. The van der Waals surface area contributed by atoms with Crippen molar-refractivity contribution in [3.63, 3.8) is 0 Å². The SMILES string of the molecule is COC(=O)c1cc(C#Cc2ccc(NC(=O)C(=O)O)cc2)ccc1O. The maximum absolute atomic E-state index is 11.5. The van der Waals surface area contributed by atoms with Crippen LogP contribution in [0.15, 0.2) is 42.5 Å². The number of aliphatic carboxylic acids is 1. The number of esters is 1. The molecule has 0 aromatic heterocycles. The largest absolute Gasteiger partial charge is 0.507 e. The summed E-state index contributed by atoms with van der Waals surface area (Å²) in [7, 11) is 1.21. The third-order valence-corrected chi connectivity index (χ3v) is 3.09. The number of carboxylic acids is 1. The predicted octanol–water partition coefficient (Wildman–Crippen LogP) is 1.60. The van der Waals surface area contributed by atoms with Gasteiger partial charge in [0.2, 0.25) is 0 Å². The van der Waals surface area contributed by atoms with Gasteiger partial charge in [-0.25, -0.2) is 9.59 Å². The van der Waals surface area contributed by atoms with Crippen molar-refractivity contribution in [3.8, 4) is 17.6 Å². The minimum atomic E-state index is -1.57. The van der Waals surface area contributed by atoms with E-state index in [-0.39, 0.29) is 11.3 Å². The number of amides is 1. The Kier molecular flexibility index (Phi) is 5.38. The number of phenolic OH excluding ortho intramolecular Hbond substituents is 1. The van der Waals surface area contributed by atoms with E-state index in [4.69, 9.17) is 5.11 Å². The number of hydrogen-bond acceptors (Lipinski definition) is 5. The van der Waals surface area contributed by atoms with Crippen molar-refractivity contribution in [1.29, 1.82) is 0 Å². The molecule has 2 rings (SSSR count). The van der Waals surface area contributed by atoms with Crippen LogP contribution in [0.4, 0.5) is 5.69 Å². The third-order valence-electron chi connectivity index (χ3n) is 3.09. The van der Waals surface area contributed by atoms with Gasteiger partial charge >= 0.3 is 17.8 Å². The highest BCUT2D eigenvalue weighted by Crippen LogP contribution is 2.19. The highest BCUT2D eigenvalue weighted by Gasteiger charge is 2.12. The van der Waals surface area contributed by atoms with Gasteiger partial charge in [-0.05, 0) is 42.5 Å². The summed E-state index contributed by atoms with van der Waals surface area (Å²) in [6, 6.07) is 10.5. The van der Waals surface area contributed by atoms with Gasteiger partial charge in [-0.1, -0.05) is 11.8 Å². The zero-order valence-corrected chi connectivity index (χ0v) is 13.1. The number of carboxylic acid groups (broad SMARTS) is 1. The number of anilines is 1. The molecule has 0 saturated carbocycles.